The molecule has 3 rings (SSSR count). The summed E-state index contributed by atoms with van der Waals surface area (Å²) in [6.45, 7) is 1.79. The van der Waals surface area contributed by atoms with Crippen LogP contribution in [0, 0.1) is 0 Å². The summed E-state index contributed by atoms with van der Waals surface area (Å²) in [4.78, 5) is 23.4. The molecule has 1 unspecified atom stereocenters. The molecule has 0 spiro atoms. The van der Waals surface area contributed by atoms with Crippen LogP contribution in [0.3, 0.4) is 0 Å². The Bertz CT molecular complexity index is 900. The van der Waals surface area contributed by atoms with Crippen molar-refractivity contribution in [3.05, 3.63) is 30.0 Å². The van der Waals surface area contributed by atoms with Gasteiger partial charge in [0, 0.05) is 23.1 Å². The highest BCUT2D eigenvalue weighted by molar-refractivity contribution is 7.92. The predicted molar refractivity (Wildman–Crippen MR) is 89.0 cm³/mol. The molecule has 1 atom stereocenters. The Morgan fingerprint density at radius 2 is 2.12 bits per heavy atom. The second kappa shape index (κ2) is 6.27. The average molecular weight is 350 g/mol. The van der Waals surface area contributed by atoms with E-state index in [1.54, 1.807) is 25.1 Å². The monoisotopic (exact) mass is 350 g/mol. The molecule has 8 heteroatoms. The molecule has 2 N–H and O–H groups in total. The van der Waals surface area contributed by atoms with Gasteiger partial charge in [-0.1, -0.05) is 6.92 Å². The first-order valence-corrected chi connectivity index (χ1v) is 9.40. The second-order valence-corrected chi connectivity index (χ2v) is 7.67. The molecule has 24 heavy (non-hydrogen) atoms. The number of hydrogen-bond donors (Lipinski definition) is 2. The van der Waals surface area contributed by atoms with Crippen molar-refractivity contribution in [2.75, 3.05) is 10.5 Å². The number of fused-ring (bicyclic) bond motifs is 1. The number of benzene rings is 1. The summed E-state index contributed by atoms with van der Waals surface area (Å²) in [5.41, 5.74) is 1.64. The van der Waals surface area contributed by atoms with E-state index in [1.807, 2.05) is 0 Å². The molecule has 1 fully saturated rings. The van der Waals surface area contributed by atoms with Gasteiger partial charge in [-0.15, -0.1) is 0 Å². The van der Waals surface area contributed by atoms with Crippen molar-refractivity contribution in [3.8, 4) is 0 Å². The largest absolute Gasteiger partial charge is 0.464 e. The van der Waals surface area contributed by atoms with E-state index in [1.165, 1.54) is 6.26 Å². The number of anilines is 1. The van der Waals surface area contributed by atoms with Crippen LogP contribution in [0.25, 0.3) is 11.0 Å². The fourth-order valence-electron chi connectivity index (χ4n) is 2.87. The van der Waals surface area contributed by atoms with E-state index in [-0.39, 0.29) is 24.0 Å². The topological polar surface area (TPSA) is 105 Å². The molecule has 2 aromatic rings. The van der Waals surface area contributed by atoms with Gasteiger partial charge in [-0.2, -0.15) is 0 Å². The van der Waals surface area contributed by atoms with Crippen LogP contribution in [0.2, 0.25) is 0 Å². The summed E-state index contributed by atoms with van der Waals surface area (Å²) in [7, 11) is -3.40. The molecule has 0 radical (unpaired) electrons. The van der Waals surface area contributed by atoms with Crippen LogP contribution in [0.1, 0.15) is 37.7 Å². The van der Waals surface area contributed by atoms with Crippen LogP contribution in [-0.2, 0) is 19.6 Å². The molecule has 128 valence electrons. The molecule has 1 aliphatic rings. The van der Waals surface area contributed by atoms with Crippen LogP contribution in [0.15, 0.2) is 28.9 Å². The Morgan fingerprint density at radius 1 is 1.33 bits per heavy atom. The van der Waals surface area contributed by atoms with Crippen molar-refractivity contribution in [2.24, 2.45) is 0 Å². The number of carbonyl (C=O) groups excluding carboxylic acids is 2. The normalized spacial score (nSPS) is 18.6. The minimum absolute atomic E-state index is 0.0381. The Balaban J connectivity index is 1.95. The molecule has 1 aromatic carbocycles. The number of hydrogen-bond acceptors (Lipinski definition) is 5. The maximum Gasteiger partial charge on any atom is 0.234 e. The Hall–Kier alpha value is -2.35. The predicted octanol–water partition coefficient (Wildman–Crippen LogP) is 2.10. The minimum atomic E-state index is -3.40. The first-order valence-electron chi connectivity index (χ1n) is 7.75. The summed E-state index contributed by atoms with van der Waals surface area (Å²) in [6, 6.07) is 4.94. The third-order valence-electron chi connectivity index (χ3n) is 3.96. The molecule has 2 amide bonds. The summed E-state index contributed by atoms with van der Waals surface area (Å²) in [5, 5.41) is 2.99. The van der Waals surface area contributed by atoms with Gasteiger partial charge in [-0.3, -0.25) is 19.6 Å². The molecule has 2 heterocycles. The zero-order valence-electron chi connectivity index (χ0n) is 13.2. The number of imide groups is 1. The fourth-order valence-corrected chi connectivity index (χ4v) is 4.00. The minimum Gasteiger partial charge on any atom is -0.464 e. The highest BCUT2D eigenvalue weighted by Gasteiger charge is 2.30. The number of piperidine rings is 1. The van der Waals surface area contributed by atoms with E-state index in [9.17, 15) is 18.0 Å². The Kier molecular flexibility index (Phi) is 4.31. The average Bonchev–Trinajstić information content (AvgIpc) is 2.90. The molecule has 1 aliphatic heterocycles. The van der Waals surface area contributed by atoms with Crippen LogP contribution >= 0.6 is 0 Å². The first-order chi connectivity index (χ1) is 11.4. The van der Waals surface area contributed by atoms with Crippen LogP contribution in [-0.4, -0.2) is 26.0 Å². The molecular formula is C16H18N2O5S. The summed E-state index contributed by atoms with van der Waals surface area (Å²) in [5.74, 6) is -1.08. The fraction of sp³-hybridized carbons (Fsp3) is 0.375. The SMILES string of the molecule is CCCS(=O)(=O)Nc1ccc2occ(C3CCC(=O)NC3=O)c2c1. The highest BCUT2D eigenvalue weighted by Crippen LogP contribution is 2.34. The van der Waals surface area contributed by atoms with Crippen molar-refractivity contribution < 1.29 is 22.4 Å². The van der Waals surface area contributed by atoms with Gasteiger partial charge in [0.1, 0.15) is 5.58 Å². The lowest BCUT2D eigenvalue weighted by atomic mass is 9.90. The van der Waals surface area contributed by atoms with Gasteiger partial charge in [0.2, 0.25) is 21.8 Å². The Labute approximate surface area is 139 Å². The zero-order chi connectivity index (χ0) is 17.3. The third kappa shape index (κ3) is 3.28. The number of furan rings is 1. The van der Waals surface area contributed by atoms with Crippen molar-refractivity contribution in [2.45, 2.75) is 32.1 Å². The summed E-state index contributed by atoms with van der Waals surface area (Å²) >= 11 is 0. The van der Waals surface area contributed by atoms with E-state index >= 15 is 0 Å². The van der Waals surface area contributed by atoms with Gasteiger partial charge in [0.05, 0.1) is 17.9 Å². The van der Waals surface area contributed by atoms with Crippen LogP contribution in [0.5, 0.6) is 0 Å². The standard InChI is InChI=1S/C16H18N2O5S/c1-2-7-24(21,22)18-10-3-5-14-12(8-10)13(9-23-14)11-4-6-15(19)17-16(11)20/h3,5,8-9,11,18H,2,4,6-7H2,1H3,(H,17,19,20). The number of nitrogens with one attached hydrogen (secondary N) is 2. The number of sulfonamides is 1. The molecule has 7 nitrogen and oxygen atoms in total. The summed E-state index contributed by atoms with van der Waals surface area (Å²) in [6.07, 6.45) is 2.69. The quantitative estimate of drug-likeness (QED) is 0.804. The van der Waals surface area contributed by atoms with Gasteiger partial charge >= 0.3 is 0 Å². The van der Waals surface area contributed by atoms with Crippen molar-refractivity contribution in [3.63, 3.8) is 0 Å². The molecule has 0 bridgehead atoms. The number of carbonyl (C=O) groups is 2. The van der Waals surface area contributed by atoms with Crippen molar-refractivity contribution in [1.82, 2.24) is 5.32 Å². The molecular weight excluding hydrogens is 332 g/mol. The van der Waals surface area contributed by atoms with Crippen LogP contribution < -0.4 is 10.0 Å². The lowest BCUT2D eigenvalue weighted by Crippen LogP contribution is -2.39. The summed E-state index contributed by atoms with van der Waals surface area (Å²) < 4.78 is 31.8. The van der Waals surface area contributed by atoms with E-state index in [0.717, 1.165) is 0 Å². The first kappa shape index (κ1) is 16.5. The van der Waals surface area contributed by atoms with Gasteiger partial charge in [-0.25, -0.2) is 8.42 Å². The lowest BCUT2D eigenvalue weighted by molar-refractivity contribution is -0.134. The van der Waals surface area contributed by atoms with Gasteiger partial charge in [-0.05, 0) is 31.0 Å². The van der Waals surface area contributed by atoms with Crippen LogP contribution in [0.4, 0.5) is 5.69 Å². The molecule has 1 aromatic heterocycles. The lowest BCUT2D eigenvalue weighted by Gasteiger charge is -2.20. The third-order valence-corrected chi connectivity index (χ3v) is 5.46. The molecule has 0 aliphatic carbocycles. The van der Waals surface area contributed by atoms with Crippen molar-refractivity contribution >= 4 is 38.5 Å². The van der Waals surface area contributed by atoms with E-state index in [4.69, 9.17) is 4.42 Å². The number of rotatable bonds is 5. The molecule has 0 saturated carbocycles. The van der Waals surface area contributed by atoms with Gasteiger partial charge in [0.15, 0.2) is 0 Å². The van der Waals surface area contributed by atoms with E-state index in [0.29, 0.717) is 35.1 Å². The smallest absolute Gasteiger partial charge is 0.234 e. The highest BCUT2D eigenvalue weighted by atomic mass is 32.2. The van der Waals surface area contributed by atoms with Crippen molar-refractivity contribution in [1.29, 1.82) is 0 Å². The second-order valence-electron chi connectivity index (χ2n) is 5.83. The Morgan fingerprint density at radius 3 is 2.83 bits per heavy atom. The maximum atomic E-state index is 12.1. The van der Waals surface area contributed by atoms with E-state index in [2.05, 4.69) is 10.0 Å². The van der Waals surface area contributed by atoms with Gasteiger partial charge in [0.25, 0.3) is 0 Å². The molecule has 1 saturated heterocycles. The van der Waals surface area contributed by atoms with Gasteiger partial charge < -0.3 is 4.42 Å². The van der Waals surface area contributed by atoms with E-state index < -0.39 is 15.9 Å². The maximum absolute atomic E-state index is 12.1. The zero-order valence-corrected chi connectivity index (χ0v) is 14.0. The number of amides is 2.